The minimum absolute atomic E-state index is 0.640. The molecule has 3 heteroatoms. The number of aromatic nitrogens is 2. The summed E-state index contributed by atoms with van der Waals surface area (Å²) >= 11 is 0. The van der Waals surface area contributed by atoms with E-state index in [0.717, 1.165) is 25.0 Å². The maximum Gasteiger partial charge on any atom is 0.0958 e. The molecule has 0 spiro atoms. The maximum absolute atomic E-state index is 4.43. The van der Waals surface area contributed by atoms with E-state index in [2.05, 4.69) is 46.9 Å². The highest BCUT2D eigenvalue weighted by atomic mass is 15.0. The Hall–Kier alpha value is -1.35. The smallest absolute Gasteiger partial charge is 0.0958 e. The van der Waals surface area contributed by atoms with Gasteiger partial charge in [0.05, 0.1) is 17.4 Å². The third kappa shape index (κ3) is 5.16. The molecule has 0 aliphatic rings. The van der Waals surface area contributed by atoms with Crippen molar-refractivity contribution in [2.45, 2.75) is 65.0 Å². The molecule has 2 rings (SSSR count). The second-order valence-electron chi connectivity index (χ2n) is 5.98. The normalized spacial score (nSPS) is 12.9. The number of hydrogen-bond donors (Lipinski definition) is 1. The summed E-state index contributed by atoms with van der Waals surface area (Å²) in [5.41, 5.74) is 2.33. The summed E-state index contributed by atoms with van der Waals surface area (Å²) in [5, 5.41) is 3.64. The van der Waals surface area contributed by atoms with Gasteiger partial charge < -0.3 is 9.88 Å². The molecule has 0 amide bonds. The summed E-state index contributed by atoms with van der Waals surface area (Å²) in [7, 11) is 0. The third-order valence-corrected chi connectivity index (χ3v) is 4.09. The predicted octanol–water partition coefficient (Wildman–Crippen LogP) is 4.37. The van der Waals surface area contributed by atoms with Crippen LogP contribution in [-0.4, -0.2) is 22.1 Å². The molecule has 0 bridgehead atoms. The molecular formula is C18H29N3. The Labute approximate surface area is 128 Å². The van der Waals surface area contributed by atoms with Crippen molar-refractivity contribution in [2.75, 3.05) is 6.54 Å². The topological polar surface area (TPSA) is 29.9 Å². The largest absolute Gasteiger partial charge is 0.331 e. The average Bonchev–Trinajstić information content (AvgIpc) is 2.91. The molecule has 116 valence electrons. The number of nitrogens with one attached hydrogen (secondary N) is 1. The Morgan fingerprint density at radius 1 is 1.14 bits per heavy atom. The van der Waals surface area contributed by atoms with Gasteiger partial charge in [0.2, 0.25) is 0 Å². The molecule has 0 saturated heterocycles. The van der Waals surface area contributed by atoms with Crippen molar-refractivity contribution < 1.29 is 0 Å². The third-order valence-electron chi connectivity index (χ3n) is 4.09. The zero-order valence-corrected chi connectivity index (χ0v) is 13.5. The first-order valence-corrected chi connectivity index (χ1v) is 8.44. The van der Waals surface area contributed by atoms with Crippen LogP contribution in [0.4, 0.5) is 0 Å². The Morgan fingerprint density at radius 2 is 2.00 bits per heavy atom. The van der Waals surface area contributed by atoms with Crippen molar-refractivity contribution in [1.29, 1.82) is 0 Å². The molecule has 3 nitrogen and oxygen atoms in total. The molecule has 1 N–H and O–H groups in total. The van der Waals surface area contributed by atoms with Crippen LogP contribution in [0.3, 0.4) is 0 Å². The zero-order chi connectivity index (χ0) is 14.9. The number of benzene rings is 1. The minimum Gasteiger partial charge on any atom is -0.331 e. The second kappa shape index (κ2) is 8.83. The van der Waals surface area contributed by atoms with Crippen LogP contribution in [0.15, 0.2) is 30.6 Å². The van der Waals surface area contributed by atoms with Crippen molar-refractivity contribution >= 4 is 11.0 Å². The van der Waals surface area contributed by atoms with Crippen LogP contribution in [0, 0.1) is 0 Å². The number of hydrogen-bond acceptors (Lipinski definition) is 2. The standard InChI is InChI=1S/C18H29N3/c1-3-4-5-6-10-16(2)19-13-9-14-21-15-20-17-11-7-8-12-18(17)21/h7-8,11-12,15-16,19H,3-6,9-10,13-14H2,1-2H3. The monoisotopic (exact) mass is 287 g/mol. The number of fused-ring (bicyclic) bond motifs is 1. The highest BCUT2D eigenvalue weighted by Crippen LogP contribution is 2.12. The highest BCUT2D eigenvalue weighted by molar-refractivity contribution is 5.74. The van der Waals surface area contributed by atoms with E-state index in [1.54, 1.807) is 0 Å². The van der Waals surface area contributed by atoms with Gasteiger partial charge in [-0.15, -0.1) is 0 Å². The van der Waals surface area contributed by atoms with Crippen molar-refractivity contribution in [3.63, 3.8) is 0 Å². The van der Waals surface area contributed by atoms with Crippen molar-refractivity contribution in [2.24, 2.45) is 0 Å². The highest BCUT2D eigenvalue weighted by Gasteiger charge is 2.03. The van der Waals surface area contributed by atoms with E-state index in [9.17, 15) is 0 Å². The fraction of sp³-hybridized carbons (Fsp3) is 0.611. The first-order chi connectivity index (χ1) is 10.3. The molecule has 0 aliphatic carbocycles. The van der Waals surface area contributed by atoms with Crippen molar-refractivity contribution in [1.82, 2.24) is 14.9 Å². The van der Waals surface area contributed by atoms with Gasteiger partial charge in [-0.25, -0.2) is 4.98 Å². The molecular weight excluding hydrogens is 258 g/mol. The molecule has 1 unspecified atom stereocenters. The number of rotatable bonds is 10. The zero-order valence-electron chi connectivity index (χ0n) is 13.5. The van der Waals surface area contributed by atoms with E-state index in [1.165, 1.54) is 37.6 Å². The first kappa shape index (κ1) is 16.0. The van der Waals surface area contributed by atoms with Crippen molar-refractivity contribution in [3.8, 4) is 0 Å². The summed E-state index contributed by atoms with van der Waals surface area (Å²) in [6, 6.07) is 8.98. The van der Waals surface area contributed by atoms with Gasteiger partial charge in [0.15, 0.2) is 0 Å². The van der Waals surface area contributed by atoms with Crippen LogP contribution in [-0.2, 0) is 6.54 Å². The van der Waals surface area contributed by atoms with E-state index in [4.69, 9.17) is 0 Å². The molecule has 1 aromatic heterocycles. The lowest BCUT2D eigenvalue weighted by Gasteiger charge is -2.13. The molecule has 0 radical (unpaired) electrons. The Bertz CT molecular complexity index is 518. The van der Waals surface area contributed by atoms with E-state index in [1.807, 2.05) is 12.4 Å². The van der Waals surface area contributed by atoms with Gasteiger partial charge in [0.1, 0.15) is 0 Å². The molecule has 1 atom stereocenters. The van der Waals surface area contributed by atoms with E-state index >= 15 is 0 Å². The molecule has 21 heavy (non-hydrogen) atoms. The van der Waals surface area contributed by atoms with E-state index in [-0.39, 0.29) is 0 Å². The second-order valence-corrected chi connectivity index (χ2v) is 5.98. The van der Waals surface area contributed by atoms with Gasteiger partial charge in [-0.2, -0.15) is 0 Å². The lowest BCUT2D eigenvalue weighted by Crippen LogP contribution is -2.27. The molecule has 1 aromatic carbocycles. The van der Waals surface area contributed by atoms with Crippen LogP contribution in [0.25, 0.3) is 11.0 Å². The fourth-order valence-electron chi connectivity index (χ4n) is 2.77. The summed E-state index contributed by atoms with van der Waals surface area (Å²) in [4.78, 5) is 4.43. The van der Waals surface area contributed by atoms with Crippen LogP contribution in [0.5, 0.6) is 0 Å². The number of para-hydroxylation sites is 2. The Balaban J connectivity index is 1.63. The van der Waals surface area contributed by atoms with Crippen LogP contribution in [0.2, 0.25) is 0 Å². The van der Waals surface area contributed by atoms with Crippen LogP contribution >= 0.6 is 0 Å². The van der Waals surface area contributed by atoms with Gasteiger partial charge in [-0.3, -0.25) is 0 Å². The van der Waals surface area contributed by atoms with Crippen molar-refractivity contribution in [3.05, 3.63) is 30.6 Å². The molecule has 2 aromatic rings. The number of aryl methyl sites for hydroxylation is 1. The molecule has 0 saturated carbocycles. The molecule has 1 heterocycles. The van der Waals surface area contributed by atoms with E-state index in [0.29, 0.717) is 6.04 Å². The average molecular weight is 287 g/mol. The number of imidazole rings is 1. The van der Waals surface area contributed by atoms with Gasteiger partial charge >= 0.3 is 0 Å². The Morgan fingerprint density at radius 3 is 2.86 bits per heavy atom. The van der Waals surface area contributed by atoms with Gasteiger partial charge in [-0.1, -0.05) is 44.7 Å². The maximum atomic E-state index is 4.43. The molecule has 0 aliphatic heterocycles. The number of unbranched alkanes of at least 4 members (excludes halogenated alkanes) is 3. The fourth-order valence-corrected chi connectivity index (χ4v) is 2.77. The summed E-state index contributed by atoms with van der Waals surface area (Å²) in [6.07, 6.45) is 9.84. The summed E-state index contributed by atoms with van der Waals surface area (Å²) in [5.74, 6) is 0. The van der Waals surface area contributed by atoms with E-state index < -0.39 is 0 Å². The van der Waals surface area contributed by atoms with Crippen LogP contribution in [0.1, 0.15) is 52.4 Å². The SMILES string of the molecule is CCCCCCC(C)NCCCn1cnc2ccccc21. The van der Waals surface area contributed by atoms with Gasteiger partial charge in [0.25, 0.3) is 0 Å². The number of nitrogens with zero attached hydrogens (tertiary/aromatic N) is 2. The lowest BCUT2D eigenvalue weighted by atomic mass is 10.1. The lowest BCUT2D eigenvalue weighted by molar-refractivity contribution is 0.468. The Kier molecular flexibility index (Phi) is 6.74. The minimum atomic E-state index is 0.640. The first-order valence-electron chi connectivity index (χ1n) is 8.44. The molecule has 0 fully saturated rings. The van der Waals surface area contributed by atoms with Gasteiger partial charge in [0, 0.05) is 12.6 Å². The van der Waals surface area contributed by atoms with Crippen LogP contribution < -0.4 is 5.32 Å². The summed E-state index contributed by atoms with van der Waals surface area (Å²) < 4.78 is 2.25. The summed E-state index contributed by atoms with van der Waals surface area (Å²) in [6.45, 7) is 6.69. The predicted molar refractivity (Wildman–Crippen MR) is 90.6 cm³/mol. The quantitative estimate of drug-likeness (QED) is 0.657. The van der Waals surface area contributed by atoms with Gasteiger partial charge in [-0.05, 0) is 38.4 Å².